The molecule has 0 saturated heterocycles. The summed E-state index contributed by atoms with van der Waals surface area (Å²) in [6, 6.07) is 4.05. The van der Waals surface area contributed by atoms with Crippen LogP contribution in [-0.2, 0) is 4.79 Å². The molecule has 0 aliphatic rings. The molecular formula is C13H15BrFNO2. The number of benzene rings is 1. The molecule has 0 bridgehead atoms. The van der Waals surface area contributed by atoms with Gasteiger partial charge < -0.3 is 10.1 Å². The highest BCUT2D eigenvalue weighted by molar-refractivity contribution is 9.10. The molecule has 0 aliphatic carbocycles. The van der Waals surface area contributed by atoms with Gasteiger partial charge in [-0.15, -0.1) is 0 Å². The van der Waals surface area contributed by atoms with Gasteiger partial charge >= 0.3 is 0 Å². The number of carbonyl (C=O) groups excluding carboxylic acids is 1. The fraction of sp³-hybridized carbons (Fsp3) is 0.308. The molecule has 0 radical (unpaired) electrons. The van der Waals surface area contributed by atoms with Gasteiger partial charge in [-0.3, -0.25) is 4.79 Å². The Morgan fingerprint density at radius 1 is 1.56 bits per heavy atom. The van der Waals surface area contributed by atoms with E-state index in [-0.39, 0.29) is 18.3 Å². The van der Waals surface area contributed by atoms with E-state index in [0.29, 0.717) is 16.8 Å². The number of rotatable bonds is 6. The van der Waals surface area contributed by atoms with Crippen LogP contribution in [0, 0.1) is 5.82 Å². The van der Waals surface area contributed by atoms with Crippen molar-refractivity contribution in [3.63, 3.8) is 0 Å². The van der Waals surface area contributed by atoms with Gasteiger partial charge in [-0.2, -0.15) is 0 Å². The smallest absolute Gasteiger partial charge is 0.257 e. The number of hydrogen-bond donors (Lipinski definition) is 1. The van der Waals surface area contributed by atoms with Crippen LogP contribution in [-0.4, -0.2) is 19.1 Å². The van der Waals surface area contributed by atoms with E-state index in [4.69, 9.17) is 4.74 Å². The Morgan fingerprint density at radius 2 is 2.33 bits per heavy atom. The van der Waals surface area contributed by atoms with Crippen LogP contribution in [0.15, 0.2) is 34.8 Å². The summed E-state index contributed by atoms with van der Waals surface area (Å²) in [5.41, 5.74) is 0. The van der Waals surface area contributed by atoms with E-state index in [1.165, 1.54) is 18.2 Å². The van der Waals surface area contributed by atoms with Crippen molar-refractivity contribution < 1.29 is 13.9 Å². The Kier molecular flexibility index (Phi) is 6.43. The largest absolute Gasteiger partial charge is 0.483 e. The number of hydrogen-bond acceptors (Lipinski definition) is 2. The van der Waals surface area contributed by atoms with Crippen LogP contribution >= 0.6 is 15.9 Å². The number of halogens is 2. The molecule has 0 unspecified atom stereocenters. The van der Waals surface area contributed by atoms with Crippen molar-refractivity contribution in [2.45, 2.75) is 13.3 Å². The lowest BCUT2D eigenvalue weighted by Crippen LogP contribution is -2.29. The molecule has 5 heteroatoms. The third-order valence-electron chi connectivity index (χ3n) is 2.12. The second-order valence-electron chi connectivity index (χ2n) is 3.57. The van der Waals surface area contributed by atoms with Crippen molar-refractivity contribution in [3.8, 4) is 5.75 Å². The zero-order valence-corrected chi connectivity index (χ0v) is 11.7. The van der Waals surface area contributed by atoms with E-state index in [1.807, 2.05) is 19.1 Å². The van der Waals surface area contributed by atoms with E-state index >= 15 is 0 Å². The number of carbonyl (C=O) groups is 1. The van der Waals surface area contributed by atoms with Gasteiger partial charge in [0.2, 0.25) is 0 Å². The molecule has 0 saturated carbocycles. The average Bonchev–Trinajstić information content (AvgIpc) is 2.33. The fourth-order valence-corrected chi connectivity index (χ4v) is 1.71. The summed E-state index contributed by atoms with van der Waals surface area (Å²) in [4.78, 5) is 11.4. The summed E-state index contributed by atoms with van der Waals surface area (Å²) < 4.78 is 18.6. The molecule has 1 amide bonds. The first-order valence-electron chi connectivity index (χ1n) is 5.59. The van der Waals surface area contributed by atoms with Crippen LogP contribution in [0.5, 0.6) is 5.75 Å². The normalized spacial score (nSPS) is 10.6. The van der Waals surface area contributed by atoms with Crippen LogP contribution in [0.1, 0.15) is 13.3 Å². The maximum absolute atomic E-state index is 12.8. The molecule has 0 heterocycles. The molecule has 1 N–H and O–H groups in total. The van der Waals surface area contributed by atoms with Crippen LogP contribution in [0.2, 0.25) is 0 Å². The average molecular weight is 316 g/mol. The number of amides is 1. The highest BCUT2D eigenvalue weighted by Crippen LogP contribution is 2.25. The van der Waals surface area contributed by atoms with Gasteiger partial charge in [-0.25, -0.2) is 4.39 Å². The minimum absolute atomic E-state index is 0.0833. The van der Waals surface area contributed by atoms with E-state index in [0.717, 1.165) is 6.42 Å². The summed E-state index contributed by atoms with van der Waals surface area (Å²) in [5.74, 6) is -0.110. The van der Waals surface area contributed by atoms with Crippen molar-refractivity contribution in [1.29, 1.82) is 0 Å². The first-order chi connectivity index (χ1) is 8.63. The molecule has 1 rings (SSSR count). The third-order valence-corrected chi connectivity index (χ3v) is 2.74. The maximum Gasteiger partial charge on any atom is 0.257 e. The minimum Gasteiger partial charge on any atom is -0.483 e. The Labute approximate surface area is 114 Å². The SMILES string of the molecule is C/C=C/CCNC(=O)COc1ccc(F)cc1Br. The van der Waals surface area contributed by atoms with Gasteiger partial charge in [0.25, 0.3) is 5.91 Å². The lowest BCUT2D eigenvalue weighted by atomic mass is 10.3. The van der Waals surface area contributed by atoms with Crippen molar-refractivity contribution in [1.82, 2.24) is 5.32 Å². The topological polar surface area (TPSA) is 38.3 Å². The van der Waals surface area contributed by atoms with Gasteiger partial charge in [0, 0.05) is 6.54 Å². The second kappa shape index (κ2) is 7.87. The Morgan fingerprint density at radius 3 is 3.00 bits per heavy atom. The summed E-state index contributed by atoms with van der Waals surface area (Å²) in [7, 11) is 0. The predicted molar refractivity (Wildman–Crippen MR) is 72.0 cm³/mol. The fourth-order valence-electron chi connectivity index (χ4n) is 1.25. The number of nitrogens with one attached hydrogen (secondary N) is 1. The molecule has 0 aromatic heterocycles. The zero-order valence-electron chi connectivity index (χ0n) is 10.1. The van der Waals surface area contributed by atoms with Gasteiger partial charge in [-0.1, -0.05) is 12.2 Å². The Bertz CT molecular complexity index is 435. The molecule has 18 heavy (non-hydrogen) atoms. The Hall–Kier alpha value is -1.36. The van der Waals surface area contributed by atoms with Gasteiger partial charge in [0.15, 0.2) is 6.61 Å². The lowest BCUT2D eigenvalue weighted by molar-refractivity contribution is -0.123. The van der Waals surface area contributed by atoms with Crippen molar-refractivity contribution in [2.24, 2.45) is 0 Å². The first-order valence-corrected chi connectivity index (χ1v) is 6.38. The molecule has 1 aromatic carbocycles. The predicted octanol–water partition coefficient (Wildman–Crippen LogP) is 3.05. The summed E-state index contributed by atoms with van der Waals surface area (Å²) >= 11 is 3.16. The van der Waals surface area contributed by atoms with Crippen molar-refractivity contribution in [3.05, 3.63) is 40.6 Å². The van der Waals surface area contributed by atoms with E-state index < -0.39 is 0 Å². The highest BCUT2D eigenvalue weighted by Gasteiger charge is 2.05. The van der Waals surface area contributed by atoms with E-state index in [2.05, 4.69) is 21.2 Å². The first kappa shape index (κ1) is 14.7. The Balaban J connectivity index is 2.33. The van der Waals surface area contributed by atoms with Gasteiger partial charge in [0.05, 0.1) is 4.47 Å². The standard InChI is InChI=1S/C13H15BrFNO2/c1-2-3-4-7-16-13(17)9-18-12-6-5-10(15)8-11(12)14/h2-3,5-6,8H,4,7,9H2,1H3,(H,16,17)/b3-2+. The monoisotopic (exact) mass is 315 g/mol. The van der Waals surface area contributed by atoms with Crippen LogP contribution in [0.25, 0.3) is 0 Å². The van der Waals surface area contributed by atoms with E-state index in [1.54, 1.807) is 0 Å². The third kappa shape index (κ3) is 5.31. The molecule has 1 aromatic rings. The van der Waals surface area contributed by atoms with E-state index in [9.17, 15) is 9.18 Å². The van der Waals surface area contributed by atoms with Gasteiger partial charge in [-0.05, 0) is 47.5 Å². The quantitative estimate of drug-likeness (QED) is 0.647. The number of ether oxygens (including phenoxy) is 1. The summed E-state index contributed by atoms with van der Waals surface area (Å²) in [5, 5.41) is 2.71. The lowest BCUT2D eigenvalue weighted by Gasteiger charge is -2.08. The van der Waals surface area contributed by atoms with Crippen LogP contribution < -0.4 is 10.1 Å². The number of allylic oxidation sites excluding steroid dienone is 1. The van der Waals surface area contributed by atoms with Crippen LogP contribution in [0.4, 0.5) is 4.39 Å². The molecular weight excluding hydrogens is 301 g/mol. The minimum atomic E-state index is -0.356. The highest BCUT2D eigenvalue weighted by atomic mass is 79.9. The molecule has 0 atom stereocenters. The van der Waals surface area contributed by atoms with Crippen LogP contribution in [0.3, 0.4) is 0 Å². The molecule has 0 fully saturated rings. The summed E-state index contributed by atoms with van der Waals surface area (Å²) in [6.07, 6.45) is 4.69. The zero-order chi connectivity index (χ0) is 13.4. The second-order valence-corrected chi connectivity index (χ2v) is 4.43. The van der Waals surface area contributed by atoms with Crippen molar-refractivity contribution >= 4 is 21.8 Å². The molecule has 98 valence electrons. The molecule has 3 nitrogen and oxygen atoms in total. The summed E-state index contributed by atoms with van der Waals surface area (Å²) in [6.45, 7) is 2.42. The van der Waals surface area contributed by atoms with Crippen molar-refractivity contribution in [2.75, 3.05) is 13.2 Å². The molecule has 0 aliphatic heterocycles. The van der Waals surface area contributed by atoms with Gasteiger partial charge in [0.1, 0.15) is 11.6 Å². The molecule has 0 spiro atoms. The maximum atomic E-state index is 12.8.